The van der Waals surface area contributed by atoms with Gasteiger partial charge in [-0.05, 0) is 75.3 Å². The van der Waals surface area contributed by atoms with Gasteiger partial charge in [-0.1, -0.05) is 24.3 Å². The van der Waals surface area contributed by atoms with Crippen LogP contribution in [0.2, 0.25) is 0 Å². The number of ether oxygens (including phenoxy) is 2. The summed E-state index contributed by atoms with van der Waals surface area (Å²) in [6, 6.07) is 16.4. The van der Waals surface area contributed by atoms with Gasteiger partial charge in [0.1, 0.15) is 11.9 Å². The number of anilines is 3. The molecule has 2 aromatic carbocycles. The summed E-state index contributed by atoms with van der Waals surface area (Å²) in [6.07, 6.45) is 10.2. The number of nitrogens with zero attached hydrogens (tertiary/aromatic N) is 4. The third-order valence-electron chi connectivity index (χ3n) is 7.33. The van der Waals surface area contributed by atoms with Crippen LogP contribution < -0.4 is 24.6 Å². The Balaban J connectivity index is 1.13. The molecule has 1 aromatic heterocycles. The van der Waals surface area contributed by atoms with Crippen LogP contribution in [0.15, 0.2) is 60.9 Å². The van der Waals surface area contributed by atoms with Gasteiger partial charge in [-0.25, -0.2) is 4.98 Å². The Morgan fingerprint density at radius 2 is 1.72 bits per heavy atom. The first-order valence-corrected chi connectivity index (χ1v) is 14.3. The summed E-state index contributed by atoms with van der Waals surface area (Å²) in [7, 11) is 0. The fourth-order valence-electron chi connectivity index (χ4n) is 5.30. The van der Waals surface area contributed by atoms with Crippen LogP contribution >= 0.6 is 0 Å². The van der Waals surface area contributed by atoms with Crippen molar-refractivity contribution < 1.29 is 14.3 Å². The Morgan fingerprint density at radius 1 is 0.949 bits per heavy atom. The SMILES string of the molecule is CCOc1ccccc1O[C@@H]1CCCN(c2cncc(NC(=O)CCc3ccc(N4CCCCC4)cc3)n2)C1. The van der Waals surface area contributed by atoms with Gasteiger partial charge < -0.3 is 24.6 Å². The van der Waals surface area contributed by atoms with Gasteiger partial charge in [0.15, 0.2) is 17.3 Å². The van der Waals surface area contributed by atoms with Crippen LogP contribution in [0.4, 0.5) is 17.3 Å². The highest BCUT2D eigenvalue weighted by atomic mass is 16.5. The van der Waals surface area contributed by atoms with E-state index in [0.29, 0.717) is 31.8 Å². The van der Waals surface area contributed by atoms with Crippen molar-refractivity contribution in [2.24, 2.45) is 0 Å². The maximum Gasteiger partial charge on any atom is 0.225 e. The lowest BCUT2D eigenvalue weighted by Crippen LogP contribution is -2.41. The standard InChI is InChI=1S/C31H39N5O3/c1-2-38-27-10-4-5-11-28(27)39-26-9-8-20-36(23-26)30-22-32-21-29(33-30)34-31(37)17-14-24-12-15-25(16-13-24)35-18-6-3-7-19-35/h4-5,10-13,15-16,21-22,26H,2-3,6-9,14,17-20,23H2,1H3,(H,33,34,37)/t26-/m1/s1. The Kier molecular flexibility index (Phi) is 9.14. The highest BCUT2D eigenvalue weighted by Crippen LogP contribution is 2.30. The molecule has 1 N–H and O–H groups in total. The van der Waals surface area contributed by atoms with E-state index in [1.54, 1.807) is 12.4 Å². The van der Waals surface area contributed by atoms with Crippen molar-refractivity contribution in [2.75, 3.05) is 47.9 Å². The quantitative estimate of drug-likeness (QED) is 0.372. The fourth-order valence-corrected chi connectivity index (χ4v) is 5.30. The lowest BCUT2D eigenvalue weighted by atomic mass is 10.1. The summed E-state index contributed by atoms with van der Waals surface area (Å²) >= 11 is 0. The van der Waals surface area contributed by atoms with Gasteiger partial charge in [0.25, 0.3) is 0 Å². The minimum absolute atomic E-state index is 0.0155. The lowest BCUT2D eigenvalue weighted by Gasteiger charge is -2.33. The van der Waals surface area contributed by atoms with Crippen molar-refractivity contribution in [3.8, 4) is 11.5 Å². The summed E-state index contributed by atoms with van der Waals surface area (Å²) < 4.78 is 12.0. The van der Waals surface area contributed by atoms with Gasteiger partial charge in [-0.3, -0.25) is 9.78 Å². The van der Waals surface area contributed by atoms with Crippen molar-refractivity contribution in [3.63, 3.8) is 0 Å². The average molecular weight is 530 g/mol. The third kappa shape index (κ3) is 7.40. The first-order chi connectivity index (χ1) is 19.2. The number of para-hydroxylation sites is 2. The normalized spacial score (nSPS) is 17.5. The van der Waals surface area contributed by atoms with Gasteiger partial charge >= 0.3 is 0 Å². The Labute approximate surface area is 231 Å². The van der Waals surface area contributed by atoms with Crippen LogP contribution in [0.5, 0.6) is 11.5 Å². The number of aromatic nitrogens is 2. The smallest absolute Gasteiger partial charge is 0.225 e. The van der Waals surface area contributed by atoms with Crippen LogP contribution in [-0.4, -0.2) is 54.8 Å². The molecule has 3 heterocycles. The van der Waals surface area contributed by atoms with Crippen LogP contribution in [0.1, 0.15) is 51.0 Å². The van der Waals surface area contributed by atoms with E-state index in [2.05, 4.69) is 49.4 Å². The number of aryl methyl sites for hydroxylation is 1. The third-order valence-corrected chi connectivity index (χ3v) is 7.33. The Morgan fingerprint density at radius 3 is 2.51 bits per heavy atom. The Bertz CT molecular complexity index is 1210. The molecule has 0 unspecified atom stereocenters. The first-order valence-electron chi connectivity index (χ1n) is 14.3. The van der Waals surface area contributed by atoms with E-state index in [1.165, 1.54) is 24.9 Å². The highest BCUT2D eigenvalue weighted by molar-refractivity contribution is 5.89. The van der Waals surface area contributed by atoms with E-state index in [-0.39, 0.29) is 12.0 Å². The average Bonchev–Trinajstić information content (AvgIpc) is 2.98. The van der Waals surface area contributed by atoms with Crippen molar-refractivity contribution in [2.45, 2.75) is 58.0 Å². The molecule has 1 atom stereocenters. The molecule has 5 rings (SSSR count). The summed E-state index contributed by atoms with van der Waals surface area (Å²) in [5.74, 6) is 2.68. The molecule has 0 bridgehead atoms. The van der Waals surface area contributed by atoms with Gasteiger partial charge in [-0.2, -0.15) is 0 Å². The molecule has 8 heteroatoms. The van der Waals surface area contributed by atoms with Crippen LogP contribution in [0, 0.1) is 0 Å². The predicted molar refractivity (Wildman–Crippen MR) is 155 cm³/mol. The van der Waals surface area contributed by atoms with Gasteiger partial charge in [0.2, 0.25) is 5.91 Å². The minimum Gasteiger partial charge on any atom is -0.490 e. The van der Waals surface area contributed by atoms with Crippen molar-refractivity contribution in [1.82, 2.24) is 9.97 Å². The molecule has 2 fully saturated rings. The zero-order valence-corrected chi connectivity index (χ0v) is 22.8. The molecule has 0 saturated carbocycles. The zero-order chi connectivity index (χ0) is 26.9. The molecule has 0 radical (unpaired) electrons. The van der Waals surface area contributed by atoms with E-state index < -0.39 is 0 Å². The van der Waals surface area contributed by atoms with E-state index >= 15 is 0 Å². The predicted octanol–water partition coefficient (Wildman–Crippen LogP) is 5.48. The molecule has 1 amide bonds. The lowest BCUT2D eigenvalue weighted by molar-refractivity contribution is -0.116. The number of nitrogens with one attached hydrogen (secondary N) is 1. The Hall–Kier alpha value is -3.81. The second kappa shape index (κ2) is 13.3. The number of carbonyl (C=O) groups excluding carboxylic acids is 1. The number of rotatable bonds is 10. The van der Waals surface area contributed by atoms with Crippen molar-refractivity contribution >= 4 is 23.2 Å². The second-order valence-corrected chi connectivity index (χ2v) is 10.2. The number of piperidine rings is 2. The molecule has 0 spiro atoms. The number of carbonyl (C=O) groups is 1. The maximum atomic E-state index is 12.7. The van der Waals surface area contributed by atoms with Gasteiger partial charge in [0, 0.05) is 31.7 Å². The summed E-state index contributed by atoms with van der Waals surface area (Å²) in [5, 5.41) is 2.93. The van der Waals surface area contributed by atoms with E-state index in [1.807, 2.05) is 31.2 Å². The molecule has 8 nitrogen and oxygen atoms in total. The van der Waals surface area contributed by atoms with Crippen LogP contribution in [0.3, 0.4) is 0 Å². The van der Waals surface area contributed by atoms with E-state index in [4.69, 9.17) is 9.47 Å². The fraction of sp³-hybridized carbons (Fsp3) is 0.452. The van der Waals surface area contributed by atoms with E-state index in [9.17, 15) is 4.79 Å². The maximum absolute atomic E-state index is 12.7. The minimum atomic E-state index is -0.0612. The molecular formula is C31H39N5O3. The van der Waals surface area contributed by atoms with E-state index in [0.717, 1.165) is 55.4 Å². The molecule has 3 aromatic rings. The molecule has 39 heavy (non-hydrogen) atoms. The highest BCUT2D eigenvalue weighted by Gasteiger charge is 2.24. The summed E-state index contributed by atoms with van der Waals surface area (Å²) in [5.41, 5.74) is 2.44. The molecule has 2 aliphatic rings. The zero-order valence-electron chi connectivity index (χ0n) is 22.8. The number of hydrogen-bond acceptors (Lipinski definition) is 7. The molecule has 2 aliphatic heterocycles. The molecular weight excluding hydrogens is 490 g/mol. The molecule has 206 valence electrons. The largest absolute Gasteiger partial charge is 0.490 e. The monoisotopic (exact) mass is 529 g/mol. The van der Waals surface area contributed by atoms with Gasteiger partial charge in [0.05, 0.1) is 25.5 Å². The first kappa shape index (κ1) is 26.8. The number of benzene rings is 2. The topological polar surface area (TPSA) is 79.8 Å². The van der Waals surface area contributed by atoms with Crippen molar-refractivity contribution in [3.05, 3.63) is 66.5 Å². The van der Waals surface area contributed by atoms with Gasteiger partial charge in [-0.15, -0.1) is 0 Å². The summed E-state index contributed by atoms with van der Waals surface area (Å²) in [6.45, 7) is 6.39. The number of amides is 1. The van der Waals surface area contributed by atoms with Crippen molar-refractivity contribution in [1.29, 1.82) is 0 Å². The molecule has 2 saturated heterocycles. The molecule has 0 aliphatic carbocycles. The summed E-state index contributed by atoms with van der Waals surface area (Å²) in [4.78, 5) is 26.3. The van der Waals surface area contributed by atoms with Crippen LogP contribution in [0.25, 0.3) is 0 Å². The second-order valence-electron chi connectivity index (χ2n) is 10.2. The van der Waals surface area contributed by atoms with Crippen LogP contribution in [-0.2, 0) is 11.2 Å². The number of hydrogen-bond donors (Lipinski definition) is 1.